The molecular weight excluding hydrogens is 300 g/mol. The monoisotopic (exact) mass is 310 g/mol. The highest BCUT2D eigenvalue weighted by Crippen LogP contribution is 2.20. The SMILES string of the molecule is Cc1nc(C(=O)Nc2ccc(Br)c(C)c2)cs1. The van der Waals surface area contributed by atoms with Crippen LogP contribution in [0.4, 0.5) is 5.69 Å². The quantitative estimate of drug-likeness (QED) is 0.917. The number of carbonyl (C=O) groups excluding carboxylic acids is 1. The van der Waals surface area contributed by atoms with Crippen LogP contribution in [0.25, 0.3) is 0 Å². The lowest BCUT2D eigenvalue weighted by Crippen LogP contribution is -2.12. The Morgan fingerprint density at radius 2 is 2.18 bits per heavy atom. The van der Waals surface area contributed by atoms with Gasteiger partial charge in [0.2, 0.25) is 0 Å². The highest BCUT2D eigenvalue weighted by Gasteiger charge is 2.09. The normalized spacial score (nSPS) is 10.3. The molecule has 0 saturated heterocycles. The lowest BCUT2D eigenvalue weighted by Gasteiger charge is -2.05. The van der Waals surface area contributed by atoms with E-state index in [0.29, 0.717) is 5.69 Å². The van der Waals surface area contributed by atoms with Gasteiger partial charge >= 0.3 is 0 Å². The van der Waals surface area contributed by atoms with E-state index in [1.165, 1.54) is 11.3 Å². The molecule has 3 nitrogen and oxygen atoms in total. The minimum atomic E-state index is -0.170. The molecule has 0 atom stereocenters. The summed E-state index contributed by atoms with van der Waals surface area (Å²) in [5.41, 5.74) is 2.33. The third-order valence-electron chi connectivity index (χ3n) is 2.27. The fraction of sp³-hybridized carbons (Fsp3) is 0.167. The first-order chi connectivity index (χ1) is 8.06. The molecule has 2 rings (SSSR count). The number of nitrogens with zero attached hydrogens (tertiary/aromatic N) is 1. The Morgan fingerprint density at radius 3 is 2.76 bits per heavy atom. The molecule has 1 aromatic carbocycles. The number of hydrogen-bond donors (Lipinski definition) is 1. The molecule has 1 N–H and O–H groups in total. The van der Waals surface area contributed by atoms with Gasteiger partial charge in [-0.2, -0.15) is 0 Å². The molecule has 0 aliphatic heterocycles. The Hall–Kier alpha value is -1.20. The third-order valence-corrected chi connectivity index (χ3v) is 3.93. The van der Waals surface area contributed by atoms with Gasteiger partial charge in [0.25, 0.3) is 5.91 Å². The second kappa shape index (κ2) is 4.98. The van der Waals surface area contributed by atoms with Gasteiger partial charge in [-0.1, -0.05) is 15.9 Å². The van der Waals surface area contributed by atoms with Gasteiger partial charge in [-0.3, -0.25) is 4.79 Å². The van der Waals surface area contributed by atoms with Gasteiger partial charge in [0.15, 0.2) is 0 Å². The summed E-state index contributed by atoms with van der Waals surface area (Å²) < 4.78 is 1.03. The van der Waals surface area contributed by atoms with Crippen LogP contribution in [0.5, 0.6) is 0 Å². The fourth-order valence-corrected chi connectivity index (χ4v) is 2.22. The van der Waals surface area contributed by atoms with Crippen LogP contribution in [0.2, 0.25) is 0 Å². The second-order valence-electron chi connectivity index (χ2n) is 3.67. The van der Waals surface area contributed by atoms with Crippen LogP contribution in [-0.2, 0) is 0 Å². The molecule has 0 fully saturated rings. The Kier molecular flexibility index (Phi) is 3.59. The number of carbonyl (C=O) groups is 1. The standard InChI is InChI=1S/C12H11BrN2OS/c1-7-5-9(3-4-10(7)13)15-12(16)11-6-17-8(2)14-11/h3-6H,1-2H3,(H,15,16). The van der Waals surface area contributed by atoms with Crippen molar-refractivity contribution in [1.82, 2.24) is 4.98 Å². The van der Waals surface area contributed by atoms with Crippen molar-refractivity contribution < 1.29 is 4.79 Å². The van der Waals surface area contributed by atoms with Gasteiger partial charge in [-0.05, 0) is 37.6 Å². The summed E-state index contributed by atoms with van der Waals surface area (Å²) in [5.74, 6) is -0.170. The number of thiazole rings is 1. The largest absolute Gasteiger partial charge is 0.321 e. The van der Waals surface area contributed by atoms with E-state index in [1.807, 2.05) is 32.0 Å². The third kappa shape index (κ3) is 2.92. The van der Waals surface area contributed by atoms with Crippen LogP contribution in [0.15, 0.2) is 28.1 Å². The zero-order valence-electron chi connectivity index (χ0n) is 9.45. The van der Waals surface area contributed by atoms with E-state index in [4.69, 9.17) is 0 Å². The average Bonchev–Trinajstić information content (AvgIpc) is 2.70. The van der Waals surface area contributed by atoms with Crippen molar-refractivity contribution in [2.75, 3.05) is 5.32 Å². The maximum absolute atomic E-state index is 11.8. The number of aromatic nitrogens is 1. The van der Waals surface area contributed by atoms with E-state index in [-0.39, 0.29) is 5.91 Å². The molecule has 88 valence electrons. The number of hydrogen-bond acceptors (Lipinski definition) is 3. The van der Waals surface area contributed by atoms with Gasteiger partial charge in [0.05, 0.1) is 5.01 Å². The van der Waals surface area contributed by atoms with E-state index in [1.54, 1.807) is 5.38 Å². The van der Waals surface area contributed by atoms with Crippen molar-refractivity contribution in [3.8, 4) is 0 Å². The minimum absolute atomic E-state index is 0.170. The van der Waals surface area contributed by atoms with Crippen LogP contribution < -0.4 is 5.32 Å². The van der Waals surface area contributed by atoms with Crippen molar-refractivity contribution in [2.24, 2.45) is 0 Å². The zero-order valence-corrected chi connectivity index (χ0v) is 11.9. The van der Waals surface area contributed by atoms with E-state index in [2.05, 4.69) is 26.2 Å². The second-order valence-corrected chi connectivity index (χ2v) is 5.59. The first-order valence-electron chi connectivity index (χ1n) is 5.06. The van der Waals surface area contributed by atoms with E-state index >= 15 is 0 Å². The van der Waals surface area contributed by atoms with Gasteiger partial charge in [-0.15, -0.1) is 11.3 Å². The number of rotatable bonds is 2. The van der Waals surface area contributed by atoms with Crippen molar-refractivity contribution in [2.45, 2.75) is 13.8 Å². The van der Waals surface area contributed by atoms with Crippen LogP contribution >= 0.6 is 27.3 Å². The predicted molar refractivity (Wildman–Crippen MR) is 73.7 cm³/mol. The summed E-state index contributed by atoms with van der Waals surface area (Å²) in [6.07, 6.45) is 0. The Bertz CT molecular complexity index is 565. The molecule has 1 amide bonds. The molecule has 2 aromatic rings. The van der Waals surface area contributed by atoms with Crippen molar-refractivity contribution in [3.63, 3.8) is 0 Å². The van der Waals surface area contributed by atoms with Gasteiger partial charge in [-0.25, -0.2) is 4.98 Å². The van der Waals surface area contributed by atoms with Crippen LogP contribution in [0, 0.1) is 13.8 Å². The van der Waals surface area contributed by atoms with E-state index < -0.39 is 0 Å². The summed E-state index contributed by atoms with van der Waals surface area (Å²) in [4.78, 5) is 16.0. The molecular formula is C12H11BrN2OS. The molecule has 0 bridgehead atoms. The maximum atomic E-state index is 11.8. The summed E-state index contributed by atoms with van der Waals surface area (Å²) in [5, 5.41) is 5.48. The number of halogens is 1. The molecule has 1 heterocycles. The number of amides is 1. The molecule has 5 heteroatoms. The number of aryl methyl sites for hydroxylation is 2. The van der Waals surface area contributed by atoms with E-state index in [0.717, 1.165) is 20.7 Å². The number of benzene rings is 1. The van der Waals surface area contributed by atoms with Crippen LogP contribution in [-0.4, -0.2) is 10.9 Å². The van der Waals surface area contributed by atoms with E-state index in [9.17, 15) is 4.79 Å². The summed E-state index contributed by atoms with van der Waals surface area (Å²) >= 11 is 4.89. The summed E-state index contributed by atoms with van der Waals surface area (Å²) in [6, 6.07) is 5.69. The summed E-state index contributed by atoms with van der Waals surface area (Å²) in [6.45, 7) is 3.86. The van der Waals surface area contributed by atoms with Crippen LogP contribution in [0.3, 0.4) is 0 Å². The highest BCUT2D eigenvalue weighted by atomic mass is 79.9. The average molecular weight is 311 g/mol. The maximum Gasteiger partial charge on any atom is 0.275 e. The smallest absolute Gasteiger partial charge is 0.275 e. The van der Waals surface area contributed by atoms with Crippen molar-refractivity contribution in [3.05, 3.63) is 44.3 Å². The number of anilines is 1. The molecule has 0 saturated carbocycles. The molecule has 0 spiro atoms. The van der Waals surface area contributed by atoms with Crippen molar-refractivity contribution >= 4 is 38.9 Å². The molecule has 0 unspecified atom stereocenters. The molecule has 1 aromatic heterocycles. The first kappa shape index (κ1) is 12.3. The molecule has 0 radical (unpaired) electrons. The minimum Gasteiger partial charge on any atom is -0.321 e. The lowest BCUT2D eigenvalue weighted by molar-refractivity contribution is 0.102. The van der Waals surface area contributed by atoms with Gasteiger partial charge in [0, 0.05) is 15.5 Å². The fourth-order valence-electron chi connectivity index (χ4n) is 1.39. The number of nitrogens with one attached hydrogen (secondary N) is 1. The Morgan fingerprint density at radius 1 is 1.41 bits per heavy atom. The molecule has 0 aliphatic rings. The molecule has 17 heavy (non-hydrogen) atoms. The van der Waals surface area contributed by atoms with Gasteiger partial charge < -0.3 is 5.32 Å². The summed E-state index contributed by atoms with van der Waals surface area (Å²) in [7, 11) is 0. The first-order valence-corrected chi connectivity index (χ1v) is 6.73. The predicted octanol–water partition coefficient (Wildman–Crippen LogP) is 3.77. The topological polar surface area (TPSA) is 42.0 Å². The Balaban J connectivity index is 2.15. The van der Waals surface area contributed by atoms with Crippen molar-refractivity contribution in [1.29, 1.82) is 0 Å². The van der Waals surface area contributed by atoms with Gasteiger partial charge in [0.1, 0.15) is 5.69 Å². The molecule has 0 aliphatic carbocycles. The Labute approximate surface area is 112 Å². The highest BCUT2D eigenvalue weighted by molar-refractivity contribution is 9.10. The zero-order chi connectivity index (χ0) is 12.4. The lowest BCUT2D eigenvalue weighted by atomic mass is 10.2. The van der Waals surface area contributed by atoms with Crippen LogP contribution in [0.1, 0.15) is 21.1 Å².